The number of nitrogens with one attached hydrogen (secondary N) is 2. The van der Waals surface area contributed by atoms with Gasteiger partial charge in [-0.05, 0) is 43.1 Å². The molecule has 3 amide bonds. The van der Waals surface area contributed by atoms with Crippen LogP contribution in [0.4, 0.5) is 10.5 Å². The van der Waals surface area contributed by atoms with Crippen LogP contribution < -0.4 is 15.4 Å². The lowest BCUT2D eigenvalue weighted by Crippen LogP contribution is -2.57. The summed E-state index contributed by atoms with van der Waals surface area (Å²) in [4.78, 5) is 45.0. The van der Waals surface area contributed by atoms with E-state index < -0.39 is 11.9 Å². The number of imide groups is 1. The van der Waals surface area contributed by atoms with E-state index >= 15 is 0 Å². The number of carboxylic acids is 2. The van der Waals surface area contributed by atoms with E-state index in [2.05, 4.69) is 10.6 Å². The molecule has 1 aromatic rings. The van der Waals surface area contributed by atoms with E-state index in [1.54, 1.807) is 31.4 Å². The number of aliphatic carboxylic acids is 2. The number of carboxylic acid groups (broad SMARTS) is 2. The van der Waals surface area contributed by atoms with Crippen LogP contribution in [0.1, 0.15) is 6.42 Å². The second kappa shape index (κ2) is 10.2. The van der Waals surface area contributed by atoms with Crippen molar-refractivity contribution in [2.75, 3.05) is 32.1 Å². The highest BCUT2D eigenvalue weighted by Crippen LogP contribution is 2.26. The normalized spacial score (nSPS) is 20.4. The number of piperidine rings is 2. The van der Waals surface area contributed by atoms with Gasteiger partial charge < -0.3 is 25.6 Å². The lowest BCUT2D eigenvalue weighted by molar-refractivity contribution is -0.137. The predicted octanol–water partition coefficient (Wildman–Crippen LogP) is 1.01. The third kappa shape index (κ3) is 6.61. The van der Waals surface area contributed by atoms with Crippen LogP contribution in [-0.4, -0.2) is 65.7 Å². The molecule has 1 aromatic carbocycles. The maximum absolute atomic E-state index is 12.3. The summed E-state index contributed by atoms with van der Waals surface area (Å²) in [6.45, 7) is 2.03. The number of carbonyl (C=O) groups is 4. The zero-order valence-electron chi connectivity index (χ0n) is 15.8. The van der Waals surface area contributed by atoms with Gasteiger partial charge in [-0.25, -0.2) is 14.4 Å². The average molecular weight is 405 g/mol. The van der Waals surface area contributed by atoms with Gasteiger partial charge in [0.1, 0.15) is 5.75 Å². The third-order valence-electron chi connectivity index (χ3n) is 4.45. The van der Waals surface area contributed by atoms with Gasteiger partial charge in [0.2, 0.25) is 5.91 Å². The fraction of sp³-hybridized carbons (Fsp3) is 0.368. The first kappa shape index (κ1) is 21.9. The minimum Gasteiger partial charge on any atom is -0.497 e. The molecule has 4 N–H and O–H groups in total. The Kier molecular flexibility index (Phi) is 7.72. The van der Waals surface area contributed by atoms with Crippen LogP contribution in [0.3, 0.4) is 0 Å². The van der Waals surface area contributed by atoms with Gasteiger partial charge in [-0.2, -0.15) is 0 Å². The summed E-state index contributed by atoms with van der Waals surface area (Å²) in [6, 6.07) is 6.71. The van der Waals surface area contributed by atoms with Crippen molar-refractivity contribution in [3.63, 3.8) is 0 Å². The number of carbonyl (C=O) groups excluding carboxylic acids is 2. The standard InChI is InChI=1S/C15H19N3O3.C4H4O4/c1-21-13-4-2-12(3-5-13)17-15(20)18-9-10-6-11(14(18)19)8-16-7-10;5-3(6)1-2-4(7)8/h2-5,10-11,16H,6-9H2,1H3,(H,17,20);1-2H,(H,5,6)(H,7,8)/b;2-1+. The monoisotopic (exact) mass is 405 g/mol. The van der Waals surface area contributed by atoms with Crippen LogP contribution in [0, 0.1) is 11.8 Å². The molecule has 2 bridgehead atoms. The van der Waals surface area contributed by atoms with Crippen molar-refractivity contribution in [2.24, 2.45) is 11.8 Å². The SMILES string of the molecule is COc1ccc(NC(=O)N2CC3CNCC(C3)C2=O)cc1.O=C(O)/C=C/C(=O)O. The molecule has 0 radical (unpaired) electrons. The van der Waals surface area contributed by atoms with Crippen molar-refractivity contribution in [3.05, 3.63) is 36.4 Å². The highest BCUT2D eigenvalue weighted by molar-refractivity contribution is 6.02. The van der Waals surface area contributed by atoms with Gasteiger partial charge in [0.05, 0.1) is 13.0 Å². The van der Waals surface area contributed by atoms with Crippen LogP contribution in [0.25, 0.3) is 0 Å². The molecule has 2 aliphatic rings. The van der Waals surface area contributed by atoms with E-state index in [1.165, 1.54) is 4.90 Å². The van der Waals surface area contributed by atoms with E-state index in [0.717, 1.165) is 18.7 Å². The molecule has 0 aliphatic carbocycles. The number of hydrogen-bond acceptors (Lipinski definition) is 6. The van der Waals surface area contributed by atoms with Gasteiger partial charge in [-0.15, -0.1) is 0 Å². The largest absolute Gasteiger partial charge is 0.497 e. The molecule has 0 aromatic heterocycles. The summed E-state index contributed by atoms with van der Waals surface area (Å²) in [5, 5.41) is 21.6. The Morgan fingerprint density at radius 3 is 2.31 bits per heavy atom. The highest BCUT2D eigenvalue weighted by Gasteiger charge is 2.39. The fourth-order valence-electron chi connectivity index (χ4n) is 3.12. The molecule has 10 heteroatoms. The number of urea groups is 1. The van der Waals surface area contributed by atoms with Gasteiger partial charge in [0.25, 0.3) is 0 Å². The second-order valence-electron chi connectivity index (χ2n) is 6.57. The molecule has 3 rings (SSSR count). The number of ether oxygens (including phenoxy) is 1. The molecule has 156 valence electrons. The minimum absolute atomic E-state index is 0.0703. The number of anilines is 1. The summed E-state index contributed by atoms with van der Waals surface area (Å²) in [5.41, 5.74) is 0.655. The van der Waals surface area contributed by atoms with Gasteiger partial charge in [-0.1, -0.05) is 0 Å². The minimum atomic E-state index is -1.26. The molecule has 0 saturated carbocycles. The Morgan fingerprint density at radius 2 is 1.76 bits per heavy atom. The van der Waals surface area contributed by atoms with Gasteiger partial charge in [-0.3, -0.25) is 9.69 Å². The molecular weight excluding hydrogens is 382 g/mol. The molecule has 2 unspecified atom stereocenters. The van der Waals surface area contributed by atoms with Crippen molar-refractivity contribution < 1.29 is 34.1 Å². The second-order valence-corrected chi connectivity index (χ2v) is 6.57. The Hall–Kier alpha value is -3.40. The van der Waals surface area contributed by atoms with E-state index in [-0.39, 0.29) is 17.9 Å². The summed E-state index contributed by atoms with van der Waals surface area (Å²) >= 11 is 0. The van der Waals surface area contributed by atoms with Gasteiger partial charge in [0.15, 0.2) is 0 Å². The number of fused-ring (bicyclic) bond motifs is 2. The van der Waals surface area contributed by atoms with Crippen molar-refractivity contribution in [1.82, 2.24) is 10.2 Å². The third-order valence-corrected chi connectivity index (χ3v) is 4.45. The predicted molar refractivity (Wildman–Crippen MR) is 103 cm³/mol. The molecule has 2 aliphatic heterocycles. The lowest BCUT2D eigenvalue weighted by atomic mass is 9.85. The first-order valence-electron chi connectivity index (χ1n) is 8.91. The molecular formula is C19H23N3O7. The first-order chi connectivity index (χ1) is 13.8. The Balaban J connectivity index is 0.000000321. The Morgan fingerprint density at radius 1 is 1.14 bits per heavy atom. The fourth-order valence-corrected chi connectivity index (χ4v) is 3.12. The maximum atomic E-state index is 12.3. The van der Waals surface area contributed by atoms with Crippen LogP contribution in [0.2, 0.25) is 0 Å². The molecule has 29 heavy (non-hydrogen) atoms. The van der Waals surface area contributed by atoms with Crippen LogP contribution in [0.5, 0.6) is 5.75 Å². The molecule has 2 heterocycles. The van der Waals surface area contributed by atoms with E-state index in [9.17, 15) is 19.2 Å². The molecule has 10 nitrogen and oxygen atoms in total. The zero-order chi connectivity index (χ0) is 21.4. The number of hydrogen-bond donors (Lipinski definition) is 4. The van der Waals surface area contributed by atoms with Crippen molar-refractivity contribution in [1.29, 1.82) is 0 Å². The lowest BCUT2D eigenvalue weighted by Gasteiger charge is -2.39. The summed E-state index contributed by atoms with van der Waals surface area (Å²) in [7, 11) is 1.59. The molecule has 2 fully saturated rings. The van der Waals surface area contributed by atoms with E-state index in [0.29, 0.717) is 36.8 Å². The average Bonchev–Trinajstić information content (AvgIpc) is 2.70. The quantitative estimate of drug-likeness (QED) is 0.543. The van der Waals surface area contributed by atoms with Gasteiger partial charge in [0, 0.05) is 30.9 Å². The Bertz CT molecular complexity index is 775. The van der Waals surface area contributed by atoms with Crippen molar-refractivity contribution in [3.8, 4) is 5.75 Å². The van der Waals surface area contributed by atoms with Crippen LogP contribution >= 0.6 is 0 Å². The number of benzene rings is 1. The molecule has 0 spiro atoms. The zero-order valence-corrected chi connectivity index (χ0v) is 15.8. The van der Waals surface area contributed by atoms with E-state index in [1.807, 2.05) is 0 Å². The first-order valence-corrected chi connectivity index (χ1v) is 8.91. The smallest absolute Gasteiger partial charge is 0.328 e. The van der Waals surface area contributed by atoms with Gasteiger partial charge >= 0.3 is 18.0 Å². The number of nitrogens with zero attached hydrogens (tertiary/aromatic N) is 1. The maximum Gasteiger partial charge on any atom is 0.328 e. The summed E-state index contributed by atoms with van der Waals surface area (Å²) in [5.74, 6) is -1.57. The number of likely N-dealkylation sites (tertiary alicyclic amines) is 1. The summed E-state index contributed by atoms with van der Waals surface area (Å²) < 4.78 is 5.07. The summed E-state index contributed by atoms with van der Waals surface area (Å²) in [6.07, 6.45) is 2.00. The highest BCUT2D eigenvalue weighted by atomic mass is 16.5. The van der Waals surface area contributed by atoms with E-state index in [4.69, 9.17) is 14.9 Å². The van der Waals surface area contributed by atoms with Crippen LogP contribution in [-0.2, 0) is 14.4 Å². The topological polar surface area (TPSA) is 145 Å². The molecule has 2 saturated heterocycles. The van der Waals surface area contributed by atoms with Crippen molar-refractivity contribution >= 4 is 29.6 Å². The molecule has 2 atom stereocenters. The van der Waals surface area contributed by atoms with Crippen molar-refractivity contribution in [2.45, 2.75) is 6.42 Å². The van der Waals surface area contributed by atoms with Crippen LogP contribution in [0.15, 0.2) is 36.4 Å². The Labute approximate surface area is 167 Å². The number of rotatable bonds is 4. The number of amides is 3. The number of methoxy groups -OCH3 is 1.